The van der Waals surface area contributed by atoms with Gasteiger partial charge in [-0.15, -0.1) is 0 Å². The van der Waals surface area contributed by atoms with Gasteiger partial charge in [0, 0.05) is 5.92 Å². The third-order valence-corrected chi connectivity index (χ3v) is 3.26. The van der Waals surface area contributed by atoms with Gasteiger partial charge in [-0.2, -0.15) is 0 Å². The van der Waals surface area contributed by atoms with Crippen molar-refractivity contribution in [3.8, 4) is 0 Å². The average Bonchev–Trinajstić information content (AvgIpc) is 2.55. The molecule has 0 aliphatic heterocycles. The molecule has 0 aromatic rings. The van der Waals surface area contributed by atoms with Crippen LogP contribution in [-0.2, 0) is 4.79 Å². The van der Waals surface area contributed by atoms with Gasteiger partial charge in [0.2, 0.25) is 0 Å². The van der Waals surface area contributed by atoms with E-state index in [1.807, 2.05) is 13.0 Å². The van der Waals surface area contributed by atoms with Crippen LogP contribution in [0, 0.1) is 5.92 Å². The number of aliphatic hydroxyl groups excluding tert-OH is 2. The molecule has 0 radical (unpaired) electrons. The predicted octanol–water partition coefficient (Wildman–Crippen LogP) is 0.456. The molecule has 0 spiro atoms. The van der Waals surface area contributed by atoms with Crippen molar-refractivity contribution in [3.63, 3.8) is 0 Å². The molecule has 0 heterocycles. The first kappa shape index (κ1) is 14.9. The van der Waals surface area contributed by atoms with Crippen LogP contribution in [0.25, 0.3) is 0 Å². The van der Waals surface area contributed by atoms with Crippen molar-refractivity contribution >= 4 is 5.97 Å². The van der Waals surface area contributed by atoms with E-state index < -0.39 is 29.7 Å². The van der Waals surface area contributed by atoms with Gasteiger partial charge < -0.3 is 20.4 Å². The van der Waals surface area contributed by atoms with Crippen LogP contribution in [0.1, 0.15) is 26.2 Å². The van der Waals surface area contributed by atoms with Gasteiger partial charge in [0.25, 0.3) is 0 Å². The zero-order chi connectivity index (χ0) is 13.8. The Hall–Kier alpha value is -1.17. The quantitative estimate of drug-likeness (QED) is 0.536. The minimum atomic E-state index is -2.31. The molecule has 4 atom stereocenters. The van der Waals surface area contributed by atoms with E-state index in [0.717, 1.165) is 12.8 Å². The van der Waals surface area contributed by atoms with Crippen LogP contribution in [0.2, 0.25) is 0 Å². The second-order valence-corrected chi connectivity index (χ2v) is 4.59. The molecular formula is C13H20O5. The normalized spacial score (nSPS) is 36.8. The van der Waals surface area contributed by atoms with Crippen molar-refractivity contribution in [1.29, 1.82) is 0 Å². The molecule has 0 saturated heterocycles. The minimum Gasteiger partial charge on any atom is -0.479 e. The molecular weight excluding hydrogens is 236 g/mol. The monoisotopic (exact) mass is 256 g/mol. The molecule has 0 amide bonds. The topological polar surface area (TPSA) is 98.0 Å². The molecule has 5 heteroatoms. The van der Waals surface area contributed by atoms with E-state index in [2.05, 4.69) is 0 Å². The van der Waals surface area contributed by atoms with Crippen LogP contribution in [0.5, 0.6) is 0 Å². The third kappa shape index (κ3) is 2.80. The number of rotatable bonds is 5. The molecule has 0 bridgehead atoms. The van der Waals surface area contributed by atoms with Crippen LogP contribution >= 0.6 is 0 Å². The zero-order valence-electron chi connectivity index (χ0n) is 10.4. The first-order valence-electron chi connectivity index (χ1n) is 6.09. The highest BCUT2D eigenvalue weighted by atomic mass is 16.4. The van der Waals surface area contributed by atoms with Gasteiger partial charge in [-0.25, -0.2) is 4.79 Å². The number of aliphatic carboxylic acids is 1. The minimum absolute atomic E-state index is 0.0298. The van der Waals surface area contributed by atoms with Crippen LogP contribution in [-0.4, -0.2) is 44.2 Å². The van der Waals surface area contributed by atoms with E-state index in [0.29, 0.717) is 0 Å². The fourth-order valence-electron chi connectivity index (χ4n) is 2.13. The highest BCUT2D eigenvalue weighted by molar-refractivity contribution is 5.79. The van der Waals surface area contributed by atoms with Crippen molar-refractivity contribution in [1.82, 2.24) is 0 Å². The van der Waals surface area contributed by atoms with Crippen molar-refractivity contribution < 1.29 is 25.2 Å². The number of aliphatic hydroxyl groups is 3. The predicted molar refractivity (Wildman–Crippen MR) is 65.9 cm³/mol. The Morgan fingerprint density at radius 1 is 1.39 bits per heavy atom. The maximum atomic E-state index is 11.1. The third-order valence-electron chi connectivity index (χ3n) is 3.26. The van der Waals surface area contributed by atoms with Crippen LogP contribution in [0.15, 0.2) is 24.3 Å². The summed E-state index contributed by atoms with van der Waals surface area (Å²) in [5.74, 6) is -2.31. The lowest BCUT2D eigenvalue weighted by molar-refractivity contribution is -0.175. The smallest absolute Gasteiger partial charge is 0.339 e. The summed E-state index contributed by atoms with van der Waals surface area (Å²) in [7, 11) is 0. The molecule has 1 saturated carbocycles. The molecule has 0 aromatic heterocycles. The fourth-order valence-corrected chi connectivity index (χ4v) is 2.13. The van der Waals surface area contributed by atoms with Crippen molar-refractivity contribution in [3.05, 3.63) is 24.3 Å². The van der Waals surface area contributed by atoms with Crippen LogP contribution < -0.4 is 0 Å². The molecule has 5 nitrogen and oxygen atoms in total. The van der Waals surface area contributed by atoms with Gasteiger partial charge in [0.15, 0.2) is 5.60 Å². The maximum absolute atomic E-state index is 11.1. The second-order valence-electron chi connectivity index (χ2n) is 4.59. The Kier molecular flexibility index (Phi) is 5.07. The Bertz CT molecular complexity index is 349. The second kappa shape index (κ2) is 6.13. The van der Waals surface area contributed by atoms with Crippen LogP contribution in [0.3, 0.4) is 0 Å². The summed E-state index contributed by atoms with van der Waals surface area (Å²) in [6.07, 6.45) is 5.93. The fraction of sp³-hybridized carbons (Fsp3) is 0.615. The molecule has 4 N–H and O–H groups in total. The number of allylic oxidation sites excluding steroid dienone is 3. The lowest BCUT2D eigenvalue weighted by atomic mass is 9.89. The largest absolute Gasteiger partial charge is 0.479 e. The summed E-state index contributed by atoms with van der Waals surface area (Å²) in [6.45, 7) is 2.04. The van der Waals surface area contributed by atoms with Gasteiger partial charge >= 0.3 is 5.97 Å². The van der Waals surface area contributed by atoms with E-state index in [9.17, 15) is 20.1 Å². The zero-order valence-corrected chi connectivity index (χ0v) is 10.4. The van der Waals surface area contributed by atoms with Gasteiger partial charge in [0.05, 0.1) is 6.10 Å². The summed E-state index contributed by atoms with van der Waals surface area (Å²) in [5.41, 5.74) is -2.31. The Balaban J connectivity index is 2.78. The lowest BCUT2D eigenvalue weighted by Gasteiger charge is -2.26. The van der Waals surface area contributed by atoms with Gasteiger partial charge in [0.1, 0.15) is 6.10 Å². The van der Waals surface area contributed by atoms with Crippen molar-refractivity contribution in [2.75, 3.05) is 0 Å². The Morgan fingerprint density at radius 2 is 2.06 bits per heavy atom. The van der Waals surface area contributed by atoms with Crippen LogP contribution in [0.4, 0.5) is 0 Å². The number of hydrogen-bond donors (Lipinski definition) is 4. The molecule has 1 fully saturated rings. The van der Waals surface area contributed by atoms with Crippen molar-refractivity contribution in [2.24, 2.45) is 5.92 Å². The number of carboxylic acids is 1. The molecule has 18 heavy (non-hydrogen) atoms. The lowest BCUT2D eigenvalue weighted by Crippen LogP contribution is -2.52. The van der Waals surface area contributed by atoms with Gasteiger partial charge in [-0.05, 0) is 12.8 Å². The summed E-state index contributed by atoms with van der Waals surface area (Å²) < 4.78 is 0. The van der Waals surface area contributed by atoms with Crippen molar-refractivity contribution in [2.45, 2.75) is 44.0 Å². The number of carboxylic acid groups (broad SMARTS) is 1. The summed E-state index contributed by atoms with van der Waals surface area (Å²) in [6, 6.07) is 0. The van der Waals surface area contributed by atoms with E-state index >= 15 is 0 Å². The highest BCUT2D eigenvalue weighted by Crippen LogP contribution is 2.37. The van der Waals surface area contributed by atoms with E-state index in [4.69, 9.17) is 5.11 Å². The Morgan fingerprint density at radius 3 is 2.61 bits per heavy atom. The molecule has 4 unspecified atom stereocenters. The molecule has 1 rings (SSSR count). The molecule has 0 aromatic carbocycles. The first-order chi connectivity index (χ1) is 8.44. The number of carbonyl (C=O) groups is 1. The summed E-state index contributed by atoms with van der Waals surface area (Å²) >= 11 is 0. The molecule has 1 aliphatic carbocycles. The first-order valence-corrected chi connectivity index (χ1v) is 6.09. The standard InChI is InChI=1S/C13H20O5/c1-2-3-4-5-6-7-9-8-10(14)11(15)13(9,18)12(16)17/h4-7,9-11,14-15,18H,2-3,8H2,1H3,(H,16,17)/b5-4+,7-6+. The number of unbranched alkanes of at least 4 members (excludes halogenated alkanes) is 1. The van der Waals surface area contributed by atoms with E-state index in [1.54, 1.807) is 12.2 Å². The van der Waals surface area contributed by atoms with E-state index in [-0.39, 0.29) is 6.42 Å². The van der Waals surface area contributed by atoms with E-state index in [1.165, 1.54) is 6.08 Å². The maximum Gasteiger partial charge on any atom is 0.339 e. The Labute approximate surface area is 106 Å². The SMILES string of the molecule is CCC/C=C/C=C/C1CC(O)C(O)C1(O)C(=O)O. The molecule has 1 aliphatic rings. The summed E-state index contributed by atoms with van der Waals surface area (Å²) in [5, 5.41) is 38.0. The molecule has 102 valence electrons. The highest BCUT2D eigenvalue weighted by Gasteiger charge is 2.57. The van der Waals surface area contributed by atoms with Gasteiger partial charge in [-0.1, -0.05) is 37.6 Å². The summed E-state index contributed by atoms with van der Waals surface area (Å²) in [4.78, 5) is 11.1. The number of hydrogen-bond acceptors (Lipinski definition) is 4. The average molecular weight is 256 g/mol. The van der Waals surface area contributed by atoms with Gasteiger partial charge in [-0.3, -0.25) is 0 Å².